The number of anilines is 1. The largest absolute Gasteiger partial charge is 0.454 e. The monoisotopic (exact) mass is 383 g/mol. The number of esters is 1. The predicted molar refractivity (Wildman–Crippen MR) is 91.8 cm³/mol. The summed E-state index contributed by atoms with van der Waals surface area (Å²) in [5, 5.41) is 2.82. The van der Waals surface area contributed by atoms with Gasteiger partial charge in [0, 0.05) is 17.6 Å². The van der Waals surface area contributed by atoms with Crippen LogP contribution in [0, 0.1) is 5.82 Å². The standard InChI is InChI=1S/C17H12Cl2FNO4/c1-9(22)21-11-3-5-13(15(20)7-11)16(23)8-25-17(24)12-4-2-10(18)6-14(12)19/h2-7H,8H2,1H3,(H,21,22). The van der Waals surface area contributed by atoms with E-state index in [2.05, 4.69) is 5.32 Å². The fraction of sp³-hybridized carbons (Fsp3) is 0.118. The molecular weight excluding hydrogens is 372 g/mol. The quantitative estimate of drug-likeness (QED) is 0.622. The number of benzene rings is 2. The smallest absolute Gasteiger partial charge is 0.340 e. The minimum Gasteiger partial charge on any atom is -0.454 e. The molecule has 8 heteroatoms. The van der Waals surface area contributed by atoms with Crippen molar-refractivity contribution in [3.05, 3.63) is 63.4 Å². The Labute approximate surface area is 152 Å². The maximum absolute atomic E-state index is 14.0. The van der Waals surface area contributed by atoms with Gasteiger partial charge in [0.15, 0.2) is 6.61 Å². The molecular formula is C17H12Cl2FNO4. The molecule has 1 amide bonds. The van der Waals surface area contributed by atoms with Gasteiger partial charge >= 0.3 is 5.97 Å². The van der Waals surface area contributed by atoms with E-state index in [0.29, 0.717) is 5.02 Å². The molecule has 0 saturated carbocycles. The summed E-state index contributed by atoms with van der Waals surface area (Å²) in [7, 11) is 0. The van der Waals surface area contributed by atoms with E-state index in [-0.39, 0.29) is 27.7 Å². The van der Waals surface area contributed by atoms with E-state index in [0.717, 1.165) is 6.07 Å². The van der Waals surface area contributed by atoms with Crippen molar-refractivity contribution in [2.75, 3.05) is 11.9 Å². The molecule has 0 unspecified atom stereocenters. The molecule has 0 bridgehead atoms. The Balaban J connectivity index is 2.04. The van der Waals surface area contributed by atoms with E-state index in [4.69, 9.17) is 27.9 Å². The van der Waals surface area contributed by atoms with Crippen molar-refractivity contribution in [3.8, 4) is 0 Å². The summed E-state index contributed by atoms with van der Waals surface area (Å²) >= 11 is 11.6. The zero-order chi connectivity index (χ0) is 18.6. The highest BCUT2D eigenvalue weighted by Crippen LogP contribution is 2.22. The van der Waals surface area contributed by atoms with Crippen molar-refractivity contribution in [2.24, 2.45) is 0 Å². The summed E-state index contributed by atoms with van der Waals surface area (Å²) < 4.78 is 18.8. The summed E-state index contributed by atoms with van der Waals surface area (Å²) in [6, 6.07) is 7.75. The van der Waals surface area contributed by atoms with Crippen LogP contribution in [0.5, 0.6) is 0 Å². The molecule has 2 aromatic carbocycles. The SMILES string of the molecule is CC(=O)Nc1ccc(C(=O)COC(=O)c2ccc(Cl)cc2Cl)c(F)c1. The highest BCUT2D eigenvalue weighted by molar-refractivity contribution is 6.36. The molecule has 25 heavy (non-hydrogen) atoms. The Morgan fingerprint density at radius 1 is 1.08 bits per heavy atom. The average Bonchev–Trinajstić information content (AvgIpc) is 2.51. The lowest BCUT2D eigenvalue weighted by Crippen LogP contribution is -2.16. The van der Waals surface area contributed by atoms with Crippen molar-refractivity contribution in [2.45, 2.75) is 6.92 Å². The lowest BCUT2D eigenvalue weighted by Gasteiger charge is -2.08. The zero-order valence-corrected chi connectivity index (χ0v) is 14.4. The Morgan fingerprint density at radius 2 is 1.76 bits per heavy atom. The van der Waals surface area contributed by atoms with Crippen LogP contribution in [0.4, 0.5) is 10.1 Å². The average molecular weight is 384 g/mol. The molecule has 0 spiro atoms. The second-order valence-corrected chi connectivity index (χ2v) is 5.84. The van der Waals surface area contributed by atoms with Gasteiger partial charge in [-0.05, 0) is 36.4 Å². The molecule has 1 N–H and O–H groups in total. The van der Waals surface area contributed by atoms with E-state index in [1.807, 2.05) is 0 Å². The van der Waals surface area contributed by atoms with Crippen molar-refractivity contribution in [3.63, 3.8) is 0 Å². The van der Waals surface area contributed by atoms with Crippen LogP contribution in [0.2, 0.25) is 10.0 Å². The van der Waals surface area contributed by atoms with Crippen LogP contribution in [0.1, 0.15) is 27.6 Å². The lowest BCUT2D eigenvalue weighted by atomic mass is 10.1. The topological polar surface area (TPSA) is 72.5 Å². The fourth-order valence-corrected chi connectivity index (χ4v) is 2.45. The first-order valence-corrected chi connectivity index (χ1v) is 7.76. The van der Waals surface area contributed by atoms with Gasteiger partial charge in [-0.3, -0.25) is 9.59 Å². The molecule has 0 aliphatic heterocycles. The lowest BCUT2D eigenvalue weighted by molar-refractivity contribution is -0.114. The van der Waals surface area contributed by atoms with Gasteiger partial charge in [0.25, 0.3) is 0 Å². The molecule has 0 fully saturated rings. The van der Waals surface area contributed by atoms with E-state index >= 15 is 0 Å². The minimum atomic E-state index is -0.836. The third-order valence-electron chi connectivity index (χ3n) is 3.08. The van der Waals surface area contributed by atoms with Crippen molar-refractivity contribution in [1.29, 1.82) is 0 Å². The molecule has 0 aromatic heterocycles. The molecule has 2 aromatic rings. The molecule has 130 valence electrons. The van der Waals surface area contributed by atoms with Crippen LogP contribution in [0.3, 0.4) is 0 Å². The predicted octanol–water partition coefficient (Wildman–Crippen LogP) is 4.13. The Bertz CT molecular complexity index is 855. The van der Waals surface area contributed by atoms with Gasteiger partial charge in [0.05, 0.1) is 16.1 Å². The van der Waals surface area contributed by atoms with Crippen LogP contribution in [0.25, 0.3) is 0 Å². The number of amides is 1. The maximum Gasteiger partial charge on any atom is 0.340 e. The molecule has 2 rings (SSSR count). The molecule has 5 nitrogen and oxygen atoms in total. The van der Waals surface area contributed by atoms with Crippen LogP contribution >= 0.6 is 23.2 Å². The zero-order valence-electron chi connectivity index (χ0n) is 12.9. The number of halogens is 3. The summed E-state index contributed by atoms with van der Waals surface area (Å²) in [5.74, 6) is -2.76. The highest BCUT2D eigenvalue weighted by atomic mass is 35.5. The summed E-state index contributed by atoms with van der Waals surface area (Å²) in [5.41, 5.74) is -0.00376. The number of carbonyl (C=O) groups excluding carboxylic acids is 3. The Morgan fingerprint density at radius 3 is 2.36 bits per heavy atom. The van der Waals surface area contributed by atoms with Crippen LogP contribution in [-0.2, 0) is 9.53 Å². The van der Waals surface area contributed by atoms with Crippen molar-refractivity contribution >= 4 is 46.5 Å². The van der Waals surface area contributed by atoms with Crippen LogP contribution in [0.15, 0.2) is 36.4 Å². The van der Waals surface area contributed by atoms with Gasteiger partial charge in [-0.25, -0.2) is 9.18 Å². The van der Waals surface area contributed by atoms with E-state index in [1.54, 1.807) is 0 Å². The van der Waals surface area contributed by atoms with Crippen molar-refractivity contribution in [1.82, 2.24) is 0 Å². The molecule has 0 heterocycles. The molecule has 0 aliphatic carbocycles. The third kappa shape index (κ3) is 5.01. The normalized spacial score (nSPS) is 10.2. The Hall–Kier alpha value is -2.44. The van der Waals surface area contributed by atoms with Gasteiger partial charge in [-0.1, -0.05) is 23.2 Å². The molecule has 0 saturated heterocycles. The van der Waals surface area contributed by atoms with Gasteiger partial charge in [0.2, 0.25) is 11.7 Å². The second-order valence-electron chi connectivity index (χ2n) is 5.00. The first kappa shape index (κ1) is 18.9. The van der Waals surface area contributed by atoms with Gasteiger partial charge in [-0.2, -0.15) is 0 Å². The van der Waals surface area contributed by atoms with Gasteiger partial charge < -0.3 is 10.1 Å². The summed E-state index contributed by atoms with van der Waals surface area (Å²) in [6.07, 6.45) is 0. The third-order valence-corrected chi connectivity index (χ3v) is 3.62. The fourth-order valence-electron chi connectivity index (χ4n) is 1.96. The first-order chi connectivity index (χ1) is 11.8. The number of hydrogen-bond acceptors (Lipinski definition) is 4. The van der Waals surface area contributed by atoms with E-state index in [1.165, 1.54) is 37.3 Å². The Kier molecular flexibility index (Phi) is 6.12. The minimum absolute atomic E-state index is 0.0420. The van der Waals surface area contributed by atoms with Gasteiger partial charge in [0.1, 0.15) is 5.82 Å². The number of ether oxygens (including phenoxy) is 1. The maximum atomic E-state index is 14.0. The number of carbonyl (C=O) groups is 3. The van der Waals surface area contributed by atoms with Crippen LogP contribution in [-0.4, -0.2) is 24.3 Å². The van der Waals surface area contributed by atoms with Crippen LogP contribution < -0.4 is 5.32 Å². The van der Waals surface area contributed by atoms with Crippen molar-refractivity contribution < 1.29 is 23.5 Å². The number of Topliss-reactive ketones (excluding diaryl/α,β-unsaturated/α-hetero) is 1. The van der Waals surface area contributed by atoms with E-state index in [9.17, 15) is 18.8 Å². The molecule has 0 aliphatic rings. The number of hydrogen-bond donors (Lipinski definition) is 1. The second kappa shape index (κ2) is 8.09. The number of rotatable bonds is 5. The highest BCUT2D eigenvalue weighted by Gasteiger charge is 2.17. The summed E-state index contributed by atoms with van der Waals surface area (Å²) in [6.45, 7) is 0.618. The van der Waals surface area contributed by atoms with Gasteiger partial charge in [-0.15, -0.1) is 0 Å². The van der Waals surface area contributed by atoms with E-state index < -0.39 is 24.2 Å². The number of ketones is 1. The molecule has 0 radical (unpaired) electrons. The molecule has 0 atom stereocenters. The first-order valence-electron chi connectivity index (χ1n) is 7.00. The summed E-state index contributed by atoms with van der Waals surface area (Å²) in [4.78, 5) is 34.9. The number of nitrogens with one attached hydrogen (secondary N) is 1.